The number of nitrogens with two attached hydrogens (primary N) is 1. The van der Waals surface area contributed by atoms with Crippen LogP contribution in [0, 0.1) is 5.95 Å². The highest BCUT2D eigenvalue weighted by Gasteiger charge is 2.12. The van der Waals surface area contributed by atoms with E-state index in [1.54, 1.807) is 18.2 Å². The average molecular weight is 216 g/mol. The SMILES string of the molecule is C=CC(=O)c1cc2cccc(N)c2nc1F. The number of nitrogen functional groups attached to an aromatic ring is 1. The normalized spacial score (nSPS) is 10.3. The first-order valence-corrected chi connectivity index (χ1v) is 4.65. The van der Waals surface area contributed by atoms with Crippen molar-refractivity contribution in [3.8, 4) is 0 Å². The van der Waals surface area contributed by atoms with Crippen LogP contribution in [-0.4, -0.2) is 10.8 Å². The van der Waals surface area contributed by atoms with E-state index in [-0.39, 0.29) is 5.56 Å². The number of ketones is 1. The van der Waals surface area contributed by atoms with E-state index in [4.69, 9.17) is 5.73 Å². The summed E-state index contributed by atoms with van der Waals surface area (Å²) in [5.74, 6) is -1.32. The number of benzene rings is 1. The van der Waals surface area contributed by atoms with Crippen LogP contribution >= 0.6 is 0 Å². The van der Waals surface area contributed by atoms with Crippen molar-refractivity contribution in [3.63, 3.8) is 0 Å². The van der Waals surface area contributed by atoms with Crippen LogP contribution in [0.2, 0.25) is 0 Å². The topological polar surface area (TPSA) is 56.0 Å². The smallest absolute Gasteiger partial charge is 0.224 e. The molecular weight excluding hydrogens is 207 g/mol. The molecule has 2 N–H and O–H groups in total. The van der Waals surface area contributed by atoms with Gasteiger partial charge >= 0.3 is 0 Å². The summed E-state index contributed by atoms with van der Waals surface area (Å²) in [4.78, 5) is 15.0. The van der Waals surface area contributed by atoms with Crippen molar-refractivity contribution in [1.29, 1.82) is 0 Å². The molecule has 80 valence electrons. The molecule has 0 fully saturated rings. The second-order valence-electron chi connectivity index (χ2n) is 3.31. The minimum absolute atomic E-state index is 0.0897. The van der Waals surface area contributed by atoms with Gasteiger partial charge in [-0.25, -0.2) is 4.98 Å². The molecule has 1 heterocycles. The van der Waals surface area contributed by atoms with Crippen LogP contribution in [0.1, 0.15) is 10.4 Å². The van der Waals surface area contributed by atoms with Gasteiger partial charge < -0.3 is 5.73 Å². The fourth-order valence-electron chi connectivity index (χ4n) is 1.48. The molecule has 0 aliphatic heterocycles. The fraction of sp³-hybridized carbons (Fsp3) is 0. The third kappa shape index (κ3) is 1.54. The number of carbonyl (C=O) groups is 1. The number of para-hydroxylation sites is 1. The van der Waals surface area contributed by atoms with Crippen LogP contribution in [0.15, 0.2) is 36.9 Å². The van der Waals surface area contributed by atoms with Crippen molar-refractivity contribution in [2.75, 3.05) is 5.73 Å². The zero-order chi connectivity index (χ0) is 11.7. The molecule has 2 aromatic rings. The van der Waals surface area contributed by atoms with Crippen molar-refractivity contribution in [3.05, 3.63) is 48.4 Å². The Morgan fingerprint density at radius 2 is 2.25 bits per heavy atom. The monoisotopic (exact) mass is 216 g/mol. The van der Waals surface area contributed by atoms with Crippen molar-refractivity contribution < 1.29 is 9.18 Å². The van der Waals surface area contributed by atoms with Gasteiger partial charge in [0.25, 0.3) is 0 Å². The molecule has 0 aliphatic carbocycles. The molecule has 1 aromatic carbocycles. The molecule has 1 aromatic heterocycles. The van der Waals surface area contributed by atoms with Crippen molar-refractivity contribution in [2.24, 2.45) is 0 Å². The van der Waals surface area contributed by atoms with E-state index >= 15 is 0 Å². The van der Waals surface area contributed by atoms with E-state index in [0.717, 1.165) is 6.08 Å². The van der Waals surface area contributed by atoms with Gasteiger partial charge in [0, 0.05) is 5.39 Å². The summed E-state index contributed by atoms with van der Waals surface area (Å²) >= 11 is 0. The van der Waals surface area contributed by atoms with Gasteiger partial charge in [-0.15, -0.1) is 0 Å². The number of allylic oxidation sites excluding steroid dienone is 1. The summed E-state index contributed by atoms with van der Waals surface area (Å²) in [5, 5.41) is 0.631. The molecule has 0 aliphatic rings. The van der Waals surface area contributed by atoms with Gasteiger partial charge in [-0.1, -0.05) is 18.7 Å². The van der Waals surface area contributed by atoms with Crippen molar-refractivity contribution in [1.82, 2.24) is 4.98 Å². The lowest BCUT2D eigenvalue weighted by molar-refractivity contribution is 0.104. The standard InChI is InChI=1S/C12H9FN2O/c1-2-10(16)8-6-7-4-3-5-9(14)11(7)15-12(8)13/h2-6H,1,14H2. The number of rotatable bonds is 2. The Labute approximate surface area is 91.4 Å². The maximum absolute atomic E-state index is 13.5. The third-order valence-electron chi connectivity index (χ3n) is 2.28. The molecule has 0 unspecified atom stereocenters. The molecule has 16 heavy (non-hydrogen) atoms. The van der Waals surface area contributed by atoms with E-state index in [1.165, 1.54) is 6.07 Å². The van der Waals surface area contributed by atoms with Crippen molar-refractivity contribution >= 4 is 22.4 Å². The molecule has 0 atom stereocenters. The van der Waals surface area contributed by atoms with Crippen LogP contribution in [0.3, 0.4) is 0 Å². The van der Waals surface area contributed by atoms with Crippen LogP contribution in [-0.2, 0) is 0 Å². The Bertz CT molecular complexity index is 593. The first kappa shape index (κ1) is 10.3. The van der Waals surface area contributed by atoms with E-state index in [1.807, 2.05) is 0 Å². The second-order valence-corrected chi connectivity index (χ2v) is 3.31. The third-order valence-corrected chi connectivity index (χ3v) is 2.28. The highest BCUT2D eigenvalue weighted by Crippen LogP contribution is 2.21. The molecule has 0 saturated carbocycles. The summed E-state index contributed by atoms with van der Waals surface area (Å²) in [6.45, 7) is 3.31. The summed E-state index contributed by atoms with van der Waals surface area (Å²) in [6.07, 6.45) is 1.05. The van der Waals surface area contributed by atoms with Gasteiger partial charge in [-0.2, -0.15) is 4.39 Å². The maximum atomic E-state index is 13.5. The predicted molar refractivity (Wildman–Crippen MR) is 60.6 cm³/mol. The lowest BCUT2D eigenvalue weighted by Crippen LogP contribution is -2.02. The number of hydrogen-bond acceptors (Lipinski definition) is 3. The van der Waals surface area contributed by atoms with Crippen LogP contribution in [0.5, 0.6) is 0 Å². The van der Waals surface area contributed by atoms with Gasteiger partial charge in [-0.05, 0) is 18.2 Å². The van der Waals surface area contributed by atoms with E-state index in [2.05, 4.69) is 11.6 Å². The largest absolute Gasteiger partial charge is 0.397 e. The first-order valence-electron chi connectivity index (χ1n) is 4.65. The minimum Gasteiger partial charge on any atom is -0.397 e. The number of aromatic nitrogens is 1. The Balaban J connectivity index is 2.77. The average Bonchev–Trinajstić information content (AvgIpc) is 2.29. The Morgan fingerprint density at radius 3 is 2.94 bits per heavy atom. The summed E-state index contributed by atoms with van der Waals surface area (Å²) < 4.78 is 13.5. The number of nitrogens with zero attached hydrogens (tertiary/aromatic N) is 1. The van der Waals surface area contributed by atoms with E-state index in [9.17, 15) is 9.18 Å². The van der Waals surface area contributed by atoms with E-state index in [0.29, 0.717) is 16.6 Å². The molecule has 0 bridgehead atoms. The van der Waals surface area contributed by atoms with Gasteiger partial charge in [0.2, 0.25) is 5.95 Å². The highest BCUT2D eigenvalue weighted by molar-refractivity contribution is 6.06. The molecular formula is C12H9FN2O. The molecule has 4 heteroatoms. The number of halogens is 1. The molecule has 0 saturated heterocycles. The van der Waals surface area contributed by atoms with Gasteiger partial charge in [-0.3, -0.25) is 4.79 Å². The first-order chi connectivity index (χ1) is 7.63. The summed E-state index contributed by atoms with van der Waals surface area (Å²) in [6, 6.07) is 6.50. The predicted octanol–water partition coefficient (Wildman–Crippen LogP) is 2.32. The van der Waals surface area contributed by atoms with Gasteiger partial charge in [0.15, 0.2) is 5.78 Å². The molecule has 0 spiro atoms. The Morgan fingerprint density at radius 1 is 1.50 bits per heavy atom. The minimum atomic E-state index is -0.824. The lowest BCUT2D eigenvalue weighted by Gasteiger charge is -2.03. The number of carbonyl (C=O) groups excluding carboxylic acids is 1. The van der Waals surface area contributed by atoms with Gasteiger partial charge in [0.1, 0.15) is 0 Å². The maximum Gasteiger partial charge on any atom is 0.224 e. The summed E-state index contributed by atoms with van der Waals surface area (Å²) in [7, 11) is 0. The molecule has 3 nitrogen and oxygen atoms in total. The molecule has 0 amide bonds. The zero-order valence-electron chi connectivity index (χ0n) is 8.40. The van der Waals surface area contributed by atoms with Crippen LogP contribution < -0.4 is 5.73 Å². The molecule has 2 rings (SSSR count). The van der Waals surface area contributed by atoms with Gasteiger partial charge in [0.05, 0.1) is 16.8 Å². The zero-order valence-corrected chi connectivity index (χ0v) is 8.40. The Hall–Kier alpha value is -2.23. The number of pyridine rings is 1. The number of anilines is 1. The lowest BCUT2D eigenvalue weighted by atomic mass is 10.1. The summed E-state index contributed by atoms with van der Waals surface area (Å²) in [5.41, 5.74) is 6.30. The second kappa shape index (κ2) is 3.73. The molecule has 0 radical (unpaired) electrons. The van der Waals surface area contributed by atoms with Crippen LogP contribution in [0.25, 0.3) is 10.9 Å². The highest BCUT2D eigenvalue weighted by atomic mass is 19.1. The fourth-order valence-corrected chi connectivity index (χ4v) is 1.48. The quantitative estimate of drug-likeness (QED) is 0.363. The Kier molecular flexibility index (Phi) is 2.40. The van der Waals surface area contributed by atoms with Crippen LogP contribution in [0.4, 0.5) is 10.1 Å². The van der Waals surface area contributed by atoms with Crippen molar-refractivity contribution in [2.45, 2.75) is 0 Å². The number of hydrogen-bond donors (Lipinski definition) is 1. The van der Waals surface area contributed by atoms with E-state index < -0.39 is 11.7 Å². The number of fused-ring (bicyclic) bond motifs is 1.